The molecule has 4 heteroatoms. The third kappa shape index (κ3) is 5.73. The van der Waals surface area contributed by atoms with E-state index in [0.717, 1.165) is 44.1 Å². The first-order valence-electron chi connectivity index (χ1n) is 10.5. The summed E-state index contributed by atoms with van der Waals surface area (Å²) in [4.78, 5) is 7.45. The number of fused-ring (bicyclic) bond motifs is 1. The molecule has 0 aromatic heterocycles. The minimum absolute atomic E-state index is 0.256. The number of allylic oxidation sites excluding steroid dienone is 3. The van der Waals surface area contributed by atoms with Gasteiger partial charge in [0, 0.05) is 26.2 Å². The van der Waals surface area contributed by atoms with Crippen LogP contribution in [-0.4, -0.2) is 43.0 Å². The molecule has 0 aromatic carbocycles. The van der Waals surface area contributed by atoms with Crippen molar-refractivity contribution in [3.8, 4) is 0 Å². The van der Waals surface area contributed by atoms with Gasteiger partial charge in [0.25, 0.3) is 0 Å². The van der Waals surface area contributed by atoms with Gasteiger partial charge in [0.05, 0.1) is 5.92 Å². The van der Waals surface area contributed by atoms with Gasteiger partial charge in [-0.25, -0.2) is 4.99 Å². The fraction of sp³-hybridized carbons (Fsp3) is 0.682. The summed E-state index contributed by atoms with van der Waals surface area (Å²) in [6, 6.07) is 0. The van der Waals surface area contributed by atoms with Crippen LogP contribution in [0.15, 0.2) is 41.3 Å². The summed E-state index contributed by atoms with van der Waals surface area (Å²) < 4.78 is 6.35. The molecule has 0 spiro atoms. The van der Waals surface area contributed by atoms with Crippen LogP contribution in [0.2, 0.25) is 0 Å². The number of rotatable bonds is 2. The first-order valence-corrected chi connectivity index (χ1v) is 10.5. The van der Waals surface area contributed by atoms with E-state index < -0.39 is 0 Å². The van der Waals surface area contributed by atoms with Gasteiger partial charge in [0.1, 0.15) is 23.4 Å². The van der Waals surface area contributed by atoms with E-state index in [2.05, 4.69) is 16.8 Å². The van der Waals surface area contributed by atoms with Gasteiger partial charge in [-0.1, -0.05) is 46.8 Å². The number of ether oxygens (including phenoxy) is 1. The lowest BCUT2D eigenvalue weighted by atomic mass is 9.85. The second-order valence-corrected chi connectivity index (χ2v) is 6.21. The van der Waals surface area contributed by atoms with Gasteiger partial charge in [-0.2, -0.15) is 0 Å². The van der Waals surface area contributed by atoms with Crippen molar-refractivity contribution in [2.45, 2.75) is 66.4 Å². The molecule has 2 heterocycles. The predicted octanol–water partition coefficient (Wildman–Crippen LogP) is 4.91. The Kier molecular flexibility index (Phi) is 11.0. The highest BCUT2D eigenvalue weighted by molar-refractivity contribution is 5.87. The van der Waals surface area contributed by atoms with Crippen molar-refractivity contribution in [3.63, 3.8) is 0 Å². The number of hydrogen-bond acceptors (Lipinski definition) is 4. The van der Waals surface area contributed by atoms with Crippen LogP contribution in [-0.2, 0) is 4.74 Å². The molecule has 1 saturated heterocycles. The van der Waals surface area contributed by atoms with Crippen molar-refractivity contribution in [3.05, 3.63) is 36.3 Å². The quantitative estimate of drug-likeness (QED) is 0.759. The SMILES string of the molecule is C=CC1=C(/C=C\C)OC2CCCCC2C(N2CCNCC2)=N1.CC.CC. The second kappa shape index (κ2) is 12.7. The normalized spacial score (nSPS) is 25.6. The van der Waals surface area contributed by atoms with E-state index in [4.69, 9.17) is 9.73 Å². The van der Waals surface area contributed by atoms with E-state index in [1.54, 1.807) is 0 Å². The summed E-state index contributed by atoms with van der Waals surface area (Å²) in [5.74, 6) is 2.52. The minimum Gasteiger partial charge on any atom is -0.487 e. The molecule has 148 valence electrons. The molecule has 2 unspecified atom stereocenters. The highest BCUT2D eigenvalue weighted by atomic mass is 16.5. The molecule has 0 bridgehead atoms. The van der Waals surface area contributed by atoms with Gasteiger partial charge in [-0.15, -0.1) is 0 Å². The van der Waals surface area contributed by atoms with Gasteiger partial charge in [-0.05, 0) is 38.3 Å². The highest BCUT2D eigenvalue weighted by Crippen LogP contribution is 2.34. The van der Waals surface area contributed by atoms with Gasteiger partial charge in [-0.3, -0.25) is 0 Å². The standard InChI is InChI=1S/C18H27N3O.2C2H6/c1-3-7-17-15(4-2)20-18(21-12-10-19-11-13-21)14-8-5-6-9-16(14)22-17;2*1-2/h3-4,7,14,16,19H,2,5-6,8-13H2,1H3;2*1-2H3/b7-3-;;. The number of hydrogen-bond donors (Lipinski definition) is 1. The van der Waals surface area contributed by atoms with Crippen molar-refractivity contribution in [2.75, 3.05) is 26.2 Å². The Morgan fingerprint density at radius 2 is 1.77 bits per heavy atom. The van der Waals surface area contributed by atoms with Crippen LogP contribution in [0.1, 0.15) is 60.3 Å². The Labute approximate surface area is 161 Å². The molecule has 1 aliphatic carbocycles. The van der Waals surface area contributed by atoms with Crippen LogP contribution in [0, 0.1) is 5.92 Å². The van der Waals surface area contributed by atoms with Gasteiger partial charge < -0.3 is 15.0 Å². The molecule has 2 aliphatic heterocycles. The molecule has 2 fully saturated rings. The van der Waals surface area contributed by atoms with E-state index in [1.165, 1.54) is 25.1 Å². The molecule has 0 radical (unpaired) electrons. The predicted molar refractivity (Wildman–Crippen MR) is 113 cm³/mol. The largest absolute Gasteiger partial charge is 0.487 e. The molecule has 0 aromatic rings. The lowest BCUT2D eigenvalue weighted by molar-refractivity contribution is 0.0624. The van der Waals surface area contributed by atoms with Crippen LogP contribution in [0.5, 0.6) is 0 Å². The topological polar surface area (TPSA) is 36.9 Å². The zero-order chi connectivity index (χ0) is 19.4. The van der Waals surface area contributed by atoms with E-state index in [0.29, 0.717) is 5.92 Å². The summed E-state index contributed by atoms with van der Waals surface area (Å²) in [5.41, 5.74) is 0.876. The van der Waals surface area contributed by atoms with E-state index in [1.807, 2.05) is 52.8 Å². The summed E-state index contributed by atoms with van der Waals surface area (Å²) >= 11 is 0. The molecule has 0 amide bonds. The summed E-state index contributed by atoms with van der Waals surface area (Å²) in [6.07, 6.45) is 11.0. The monoisotopic (exact) mass is 361 g/mol. The molecular formula is C22H39N3O. The van der Waals surface area contributed by atoms with Crippen LogP contribution in [0.3, 0.4) is 0 Å². The van der Waals surface area contributed by atoms with Crippen LogP contribution < -0.4 is 5.32 Å². The maximum absolute atomic E-state index is 6.35. The third-order valence-corrected chi connectivity index (χ3v) is 4.75. The van der Waals surface area contributed by atoms with Crippen molar-refractivity contribution in [1.82, 2.24) is 10.2 Å². The fourth-order valence-corrected chi connectivity index (χ4v) is 3.64. The molecule has 1 N–H and O–H groups in total. The van der Waals surface area contributed by atoms with Gasteiger partial charge in [0.2, 0.25) is 0 Å². The molecule has 26 heavy (non-hydrogen) atoms. The molecule has 1 saturated carbocycles. The molecule has 3 aliphatic rings. The average Bonchev–Trinajstić information content (AvgIpc) is 2.88. The van der Waals surface area contributed by atoms with Crippen molar-refractivity contribution in [1.29, 1.82) is 0 Å². The number of nitrogens with zero attached hydrogens (tertiary/aromatic N) is 2. The van der Waals surface area contributed by atoms with Gasteiger partial charge >= 0.3 is 0 Å². The fourth-order valence-electron chi connectivity index (χ4n) is 3.64. The van der Waals surface area contributed by atoms with E-state index in [9.17, 15) is 0 Å². The molecule has 4 nitrogen and oxygen atoms in total. The Hall–Kier alpha value is -1.55. The zero-order valence-electron chi connectivity index (χ0n) is 17.6. The maximum atomic E-state index is 6.35. The summed E-state index contributed by atoms with van der Waals surface area (Å²) in [6.45, 7) is 18.1. The summed E-state index contributed by atoms with van der Waals surface area (Å²) in [5, 5.41) is 3.42. The third-order valence-electron chi connectivity index (χ3n) is 4.75. The average molecular weight is 362 g/mol. The van der Waals surface area contributed by atoms with Crippen molar-refractivity contribution < 1.29 is 4.74 Å². The van der Waals surface area contributed by atoms with E-state index >= 15 is 0 Å². The van der Waals surface area contributed by atoms with Gasteiger partial charge in [0.15, 0.2) is 0 Å². The number of aliphatic imine (C=N–C) groups is 1. The molecule has 2 atom stereocenters. The summed E-state index contributed by atoms with van der Waals surface area (Å²) in [7, 11) is 0. The first kappa shape index (κ1) is 22.5. The van der Waals surface area contributed by atoms with Crippen LogP contribution in [0.4, 0.5) is 0 Å². The van der Waals surface area contributed by atoms with Crippen molar-refractivity contribution in [2.24, 2.45) is 10.9 Å². The number of amidine groups is 1. The Bertz CT molecular complexity index is 502. The van der Waals surface area contributed by atoms with Crippen LogP contribution >= 0.6 is 0 Å². The lowest BCUT2D eigenvalue weighted by Crippen LogP contribution is -2.50. The number of nitrogens with one attached hydrogen (secondary N) is 1. The second-order valence-electron chi connectivity index (χ2n) is 6.21. The zero-order valence-corrected chi connectivity index (χ0v) is 17.6. The molecular weight excluding hydrogens is 322 g/mol. The van der Waals surface area contributed by atoms with E-state index in [-0.39, 0.29) is 6.10 Å². The maximum Gasteiger partial charge on any atom is 0.145 e. The minimum atomic E-state index is 0.256. The lowest BCUT2D eigenvalue weighted by Gasteiger charge is -2.38. The van der Waals surface area contributed by atoms with Crippen LogP contribution in [0.25, 0.3) is 0 Å². The Balaban J connectivity index is 0.000000791. The Morgan fingerprint density at radius 1 is 1.12 bits per heavy atom. The number of piperazine rings is 1. The Morgan fingerprint density at radius 3 is 2.38 bits per heavy atom. The van der Waals surface area contributed by atoms with Crippen molar-refractivity contribution >= 4 is 5.84 Å². The first-order chi connectivity index (χ1) is 12.8. The highest BCUT2D eigenvalue weighted by Gasteiger charge is 2.36. The smallest absolute Gasteiger partial charge is 0.145 e. The molecule has 3 rings (SSSR count).